The summed E-state index contributed by atoms with van der Waals surface area (Å²) >= 11 is 3.08. The first kappa shape index (κ1) is 14.0. The molecule has 2 aromatic rings. The molecular weight excluding hydrogens is 316 g/mol. The molecule has 0 aromatic heterocycles. The van der Waals surface area contributed by atoms with E-state index < -0.39 is 17.7 Å². The van der Waals surface area contributed by atoms with Crippen LogP contribution in [-0.2, 0) is 0 Å². The molecule has 0 bridgehead atoms. The summed E-state index contributed by atoms with van der Waals surface area (Å²) in [6, 6.07) is 8.20. The Hall–Kier alpha value is -1.46. The molecule has 1 atom stereocenters. The Kier molecular flexibility index (Phi) is 4.17. The van der Waals surface area contributed by atoms with Gasteiger partial charge in [0, 0.05) is 17.2 Å². The third-order valence-corrected chi connectivity index (χ3v) is 3.47. The van der Waals surface area contributed by atoms with Crippen LogP contribution >= 0.6 is 15.9 Å². The maximum absolute atomic E-state index is 13.9. The van der Waals surface area contributed by atoms with Gasteiger partial charge in [0.15, 0.2) is 0 Å². The van der Waals surface area contributed by atoms with Crippen LogP contribution in [0.5, 0.6) is 5.75 Å². The van der Waals surface area contributed by atoms with Crippen molar-refractivity contribution in [2.75, 3.05) is 7.11 Å². The zero-order valence-corrected chi connectivity index (χ0v) is 11.7. The zero-order chi connectivity index (χ0) is 14.0. The second-order valence-corrected chi connectivity index (χ2v) is 4.86. The average molecular weight is 328 g/mol. The van der Waals surface area contributed by atoms with Crippen molar-refractivity contribution in [2.24, 2.45) is 5.73 Å². The van der Waals surface area contributed by atoms with Gasteiger partial charge in [-0.3, -0.25) is 0 Å². The predicted octanol–water partition coefficient (Wildman–Crippen LogP) is 3.78. The molecular formula is C14H12BrF2NO. The fourth-order valence-corrected chi connectivity index (χ4v) is 2.20. The van der Waals surface area contributed by atoms with Gasteiger partial charge in [-0.05, 0) is 28.1 Å². The van der Waals surface area contributed by atoms with Gasteiger partial charge in [0.2, 0.25) is 0 Å². The maximum atomic E-state index is 13.9. The number of benzene rings is 2. The molecule has 2 rings (SSSR count). The van der Waals surface area contributed by atoms with E-state index in [0.717, 1.165) is 0 Å². The van der Waals surface area contributed by atoms with Gasteiger partial charge in [0.05, 0.1) is 17.6 Å². The molecule has 2 nitrogen and oxygen atoms in total. The van der Waals surface area contributed by atoms with Gasteiger partial charge in [-0.1, -0.05) is 18.2 Å². The SMILES string of the molecule is COc1ccc(C(N)c2cccc(Br)c2F)c(F)c1. The quantitative estimate of drug-likeness (QED) is 0.931. The van der Waals surface area contributed by atoms with E-state index in [-0.39, 0.29) is 11.1 Å². The highest BCUT2D eigenvalue weighted by molar-refractivity contribution is 9.10. The fraction of sp³-hybridized carbons (Fsp3) is 0.143. The monoisotopic (exact) mass is 327 g/mol. The fourth-order valence-electron chi connectivity index (χ4n) is 1.82. The highest BCUT2D eigenvalue weighted by Gasteiger charge is 2.18. The highest BCUT2D eigenvalue weighted by atomic mass is 79.9. The zero-order valence-electron chi connectivity index (χ0n) is 10.2. The van der Waals surface area contributed by atoms with Crippen LogP contribution in [-0.4, -0.2) is 7.11 Å². The van der Waals surface area contributed by atoms with Crippen molar-refractivity contribution < 1.29 is 13.5 Å². The summed E-state index contributed by atoms with van der Waals surface area (Å²) in [4.78, 5) is 0. The third-order valence-electron chi connectivity index (χ3n) is 2.86. The number of methoxy groups -OCH3 is 1. The van der Waals surface area contributed by atoms with Gasteiger partial charge >= 0.3 is 0 Å². The number of ether oxygens (including phenoxy) is 1. The van der Waals surface area contributed by atoms with Crippen LogP contribution in [0.15, 0.2) is 40.9 Å². The first-order valence-electron chi connectivity index (χ1n) is 5.57. The van der Waals surface area contributed by atoms with Crippen molar-refractivity contribution in [3.63, 3.8) is 0 Å². The minimum absolute atomic E-state index is 0.220. The molecule has 100 valence electrons. The minimum atomic E-state index is -0.872. The summed E-state index contributed by atoms with van der Waals surface area (Å²) in [7, 11) is 1.45. The summed E-state index contributed by atoms with van der Waals surface area (Å²) in [5.74, 6) is -0.611. The van der Waals surface area contributed by atoms with Crippen molar-refractivity contribution in [1.82, 2.24) is 0 Å². The Morgan fingerprint density at radius 2 is 1.89 bits per heavy atom. The van der Waals surface area contributed by atoms with Crippen LogP contribution in [0.2, 0.25) is 0 Å². The second-order valence-electron chi connectivity index (χ2n) is 4.01. The number of nitrogens with two attached hydrogens (primary N) is 1. The summed E-state index contributed by atoms with van der Waals surface area (Å²) in [6.45, 7) is 0. The van der Waals surface area contributed by atoms with Gasteiger partial charge in [0.25, 0.3) is 0 Å². The number of hydrogen-bond donors (Lipinski definition) is 1. The molecule has 2 aromatic carbocycles. The van der Waals surface area contributed by atoms with E-state index in [0.29, 0.717) is 10.2 Å². The Labute approximate surface area is 118 Å². The molecule has 0 radical (unpaired) electrons. The Morgan fingerprint density at radius 3 is 2.53 bits per heavy atom. The summed E-state index contributed by atoms with van der Waals surface area (Å²) < 4.78 is 33.1. The summed E-state index contributed by atoms with van der Waals surface area (Å²) in [5, 5.41) is 0. The van der Waals surface area contributed by atoms with Gasteiger partial charge < -0.3 is 10.5 Å². The highest BCUT2D eigenvalue weighted by Crippen LogP contribution is 2.29. The first-order valence-corrected chi connectivity index (χ1v) is 6.37. The van der Waals surface area contributed by atoms with Crippen molar-refractivity contribution in [3.8, 4) is 5.75 Å². The average Bonchev–Trinajstić information content (AvgIpc) is 2.41. The lowest BCUT2D eigenvalue weighted by atomic mass is 9.98. The second kappa shape index (κ2) is 5.67. The van der Waals surface area contributed by atoms with Gasteiger partial charge in [-0.2, -0.15) is 0 Å². The topological polar surface area (TPSA) is 35.2 Å². The summed E-state index contributed by atoms with van der Waals surface area (Å²) in [6.07, 6.45) is 0. The van der Waals surface area contributed by atoms with E-state index in [1.54, 1.807) is 18.2 Å². The van der Waals surface area contributed by atoms with Crippen molar-refractivity contribution in [1.29, 1.82) is 0 Å². The Morgan fingerprint density at radius 1 is 1.16 bits per heavy atom. The lowest BCUT2D eigenvalue weighted by Crippen LogP contribution is -2.15. The van der Waals surface area contributed by atoms with E-state index in [1.807, 2.05) is 0 Å². The predicted molar refractivity (Wildman–Crippen MR) is 73.1 cm³/mol. The molecule has 0 saturated heterocycles. The maximum Gasteiger partial charge on any atom is 0.142 e. The van der Waals surface area contributed by atoms with E-state index in [2.05, 4.69) is 15.9 Å². The minimum Gasteiger partial charge on any atom is -0.497 e. The molecule has 0 aliphatic carbocycles. The number of rotatable bonds is 3. The van der Waals surface area contributed by atoms with E-state index in [1.165, 1.54) is 25.3 Å². The van der Waals surface area contributed by atoms with E-state index in [9.17, 15) is 8.78 Å². The van der Waals surface area contributed by atoms with Crippen molar-refractivity contribution in [2.45, 2.75) is 6.04 Å². The van der Waals surface area contributed by atoms with Crippen molar-refractivity contribution >= 4 is 15.9 Å². The third kappa shape index (κ3) is 2.77. The van der Waals surface area contributed by atoms with Crippen LogP contribution in [0.25, 0.3) is 0 Å². The molecule has 0 aliphatic rings. The lowest BCUT2D eigenvalue weighted by molar-refractivity contribution is 0.410. The van der Waals surface area contributed by atoms with Gasteiger partial charge in [-0.25, -0.2) is 8.78 Å². The Bertz CT molecular complexity index is 604. The molecule has 0 saturated carbocycles. The standard InChI is InChI=1S/C14H12BrF2NO/c1-19-8-5-6-9(12(16)7-8)14(18)10-3-2-4-11(15)13(10)17/h2-7,14H,18H2,1H3. The molecule has 0 spiro atoms. The molecule has 0 aliphatic heterocycles. The van der Waals surface area contributed by atoms with Crippen LogP contribution < -0.4 is 10.5 Å². The van der Waals surface area contributed by atoms with Crippen molar-refractivity contribution in [3.05, 3.63) is 63.6 Å². The Balaban J connectivity index is 2.44. The molecule has 0 fully saturated rings. The number of halogens is 3. The summed E-state index contributed by atoms with van der Waals surface area (Å²) in [5.41, 5.74) is 6.39. The molecule has 0 heterocycles. The molecule has 1 unspecified atom stereocenters. The molecule has 5 heteroatoms. The van der Waals surface area contributed by atoms with Gasteiger partial charge in [-0.15, -0.1) is 0 Å². The normalized spacial score (nSPS) is 12.3. The number of hydrogen-bond acceptors (Lipinski definition) is 2. The largest absolute Gasteiger partial charge is 0.497 e. The van der Waals surface area contributed by atoms with Gasteiger partial charge in [0.1, 0.15) is 17.4 Å². The molecule has 0 amide bonds. The smallest absolute Gasteiger partial charge is 0.142 e. The lowest BCUT2D eigenvalue weighted by Gasteiger charge is -2.15. The molecule has 2 N–H and O–H groups in total. The van der Waals surface area contributed by atoms with E-state index in [4.69, 9.17) is 10.5 Å². The van der Waals surface area contributed by atoms with Crippen LogP contribution in [0.1, 0.15) is 17.2 Å². The van der Waals surface area contributed by atoms with Crippen LogP contribution in [0, 0.1) is 11.6 Å². The van der Waals surface area contributed by atoms with E-state index >= 15 is 0 Å². The van der Waals surface area contributed by atoms with Crippen LogP contribution in [0.4, 0.5) is 8.78 Å². The first-order chi connectivity index (χ1) is 9.04. The van der Waals surface area contributed by atoms with Crippen LogP contribution in [0.3, 0.4) is 0 Å². The molecule has 19 heavy (non-hydrogen) atoms.